The number of rotatable bonds is 3. The molecular formula is C13H19FN2O. The lowest BCUT2D eigenvalue weighted by Crippen LogP contribution is -2.46. The fourth-order valence-electron chi connectivity index (χ4n) is 2.24. The van der Waals surface area contributed by atoms with Gasteiger partial charge in [0.2, 0.25) is 0 Å². The number of aliphatic hydroxyl groups excluding tert-OH is 1. The van der Waals surface area contributed by atoms with E-state index < -0.39 is 0 Å². The van der Waals surface area contributed by atoms with E-state index in [-0.39, 0.29) is 18.5 Å². The molecule has 3 nitrogen and oxygen atoms in total. The van der Waals surface area contributed by atoms with Crippen molar-refractivity contribution >= 4 is 0 Å². The van der Waals surface area contributed by atoms with Crippen molar-refractivity contribution in [2.45, 2.75) is 13.0 Å². The number of hydrogen-bond donors (Lipinski definition) is 2. The summed E-state index contributed by atoms with van der Waals surface area (Å²) in [6.07, 6.45) is 0. The number of piperazine rings is 1. The van der Waals surface area contributed by atoms with Crippen molar-refractivity contribution in [1.29, 1.82) is 0 Å². The Bertz CT molecular complexity index is 378. The minimum atomic E-state index is -0.198. The van der Waals surface area contributed by atoms with Gasteiger partial charge in [-0.15, -0.1) is 0 Å². The first-order valence-electron chi connectivity index (χ1n) is 6.04. The molecule has 1 heterocycles. The molecule has 94 valence electrons. The maximum absolute atomic E-state index is 13.5. The highest BCUT2D eigenvalue weighted by Crippen LogP contribution is 2.22. The molecule has 0 spiro atoms. The average Bonchev–Trinajstić information content (AvgIpc) is 2.36. The predicted octanol–water partition coefficient (Wildman–Crippen LogP) is 1.07. The van der Waals surface area contributed by atoms with Gasteiger partial charge in [0.15, 0.2) is 0 Å². The highest BCUT2D eigenvalue weighted by Gasteiger charge is 2.21. The highest BCUT2D eigenvalue weighted by atomic mass is 19.1. The van der Waals surface area contributed by atoms with Crippen molar-refractivity contribution in [3.8, 4) is 0 Å². The number of nitrogens with zero attached hydrogens (tertiary/aromatic N) is 1. The van der Waals surface area contributed by atoms with Crippen LogP contribution < -0.4 is 5.32 Å². The van der Waals surface area contributed by atoms with Gasteiger partial charge in [0.25, 0.3) is 0 Å². The fraction of sp³-hybridized carbons (Fsp3) is 0.538. The summed E-state index contributed by atoms with van der Waals surface area (Å²) < 4.78 is 13.5. The summed E-state index contributed by atoms with van der Waals surface area (Å²) in [6, 6.07) is 5.13. The first kappa shape index (κ1) is 12.5. The van der Waals surface area contributed by atoms with E-state index in [0.29, 0.717) is 5.56 Å². The van der Waals surface area contributed by atoms with Gasteiger partial charge < -0.3 is 10.4 Å². The lowest BCUT2D eigenvalue weighted by molar-refractivity contribution is 0.110. The quantitative estimate of drug-likeness (QED) is 0.827. The van der Waals surface area contributed by atoms with Crippen molar-refractivity contribution in [1.82, 2.24) is 10.2 Å². The van der Waals surface area contributed by atoms with Crippen molar-refractivity contribution < 1.29 is 9.50 Å². The van der Waals surface area contributed by atoms with Crippen LogP contribution in [0.2, 0.25) is 0 Å². The van der Waals surface area contributed by atoms with Crippen LogP contribution in [0.1, 0.15) is 17.2 Å². The largest absolute Gasteiger partial charge is 0.394 e. The lowest BCUT2D eigenvalue weighted by atomic mass is 10.0. The first-order valence-corrected chi connectivity index (χ1v) is 6.04. The molecule has 0 aliphatic carbocycles. The molecule has 0 aromatic heterocycles. The average molecular weight is 238 g/mol. The van der Waals surface area contributed by atoms with Crippen LogP contribution >= 0.6 is 0 Å². The fourth-order valence-corrected chi connectivity index (χ4v) is 2.24. The Morgan fingerprint density at radius 2 is 2.12 bits per heavy atom. The van der Waals surface area contributed by atoms with Crippen LogP contribution in [0.25, 0.3) is 0 Å². The number of aliphatic hydroxyl groups is 1. The maximum Gasteiger partial charge on any atom is 0.126 e. The third-order valence-corrected chi connectivity index (χ3v) is 3.35. The number of benzene rings is 1. The molecule has 1 saturated heterocycles. The second kappa shape index (κ2) is 5.58. The van der Waals surface area contributed by atoms with Crippen molar-refractivity contribution in [2.75, 3.05) is 32.8 Å². The normalized spacial score (nSPS) is 19.2. The minimum absolute atomic E-state index is 0.0303. The Morgan fingerprint density at radius 1 is 1.41 bits per heavy atom. The van der Waals surface area contributed by atoms with Crippen LogP contribution in [0.4, 0.5) is 4.39 Å². The summed E-state index contributed by atoms with van der Waals surface area (Å²) in [5.41, 5.74) is 1.50. The second-order valence-corrected chi connectivity index (χ2v) is 4.49. The van der Waals surface area contributed by atoms with Crippen molar-refractivity contribution in [3.63, 3.8) is 0 Å². The molecule has 1 aromatic carbocycles. The molecular weight excluding hydrogens is 219 g/mol. The molecule has 1 aliphatic heterocycles. The van der Waals surface area contributed by atoms with E-state index in [4.69, 9.17) is 0 Å². The number of halogens is 1. The lowest BCUT2D eigenvalue weighted by Gasteiger charge is -2.34. The Morgan fingerprint density at radius 3 is 2.71 bits per heavy atom. The Kier molecular flexibility index (Phi) is 4.10. The third-order valence-electron chi connectivity index (χ3n) is 3.35. The van der Waals surface area contributed by atoms with Crippen LogP contribution in [0.15, 0.2) is 18.2 Å². The Balaban J connectivity index is 2.18. The van der Waals surface area contributed by atoms with E-state index in [1.807, 2.05) is 6.07 Å². The molecule has 2 N–H and O–H groups in total. The molecule has 0 amide bonds. The second-order valence-electron chi connectivity index (χ2n) is 4.49. The summed E-state index contributed by atoms with van der Waals surface area (Å²) in [5.74, 6) is -0.198. The van der Waals surface area contributed by atoms with E-state index in [2.05, 4.69) is 10.2 Å². The molecule has 1 aromatic rings. The number of hydrogen-bond acceptors (Lipinski definition) is 3. The van der Waals surface area contributed by atoms with E-state index >= 15 is 0 Å². The smallest absolute Gasteiger partial charge is 0.126 e. The number of aryl methyl sites for hydroxylation is 1. The van der Waals surface area contributed by atoms with Gasteiger partial charge in [-0.1, -0.05) is 12.1 Å². The monoisotopic (exact) mass is 238 g/mol. The molecule has 2 rings (SSSR count). The van der Waals surface area contributed by atoms with Crippen molar-refractivity contribution in [2.24, 2.45) is 0 Å². The van der Waals surface area contributed by atoms with Crippen LogP contribution in [0, 0.1) is 12.7 Å². The predicted molar refractivity (Wildman–Crippen MR) is 65.4 cm³/mol. The van der Waals surface area contributed by atoms with Crippen molar-refractivity contribution in [3.05, 3.63) is 35.1 Å². The first-order chi connectivity index (χ1) is 8.22. The van der Waals surface area contributed by atoms with Gasteiger partial charge in [0.1, 0.15) is 5.82 Å². The number of nitrogens with one attached hydrogen (secondary N) is 1. The van der Waals surface area contributed by atoms with Crippen LogP contribution in [0.5, 0.6) is 0 Å². The van der Waals surface area contributed by atoms with Gasteiger partial charge in [0.05, 0.1) is 12.6 Å². The van der Waals surface area contributed by atoms with Crippen LogP contribution in [-0.2, 0) is 0 Å². The third kappa shape index (κ3) is 2.83. The Labute approximate surface area is 101 Å². The molecule has 0 radical (unpaired) electrons. The van der Waals surface area contributed by atoms with Gasteiger partial charge in [-0.05, 0) is 24.1 Å². The summed E-state index contributed by atoms with van der Waals surface area (Å²) in [4.78, 5) is 2.20. The summed E-state index contributed by atoms with van der Waals surface area (Å²) >= 11 is 0. The zero-order valence-electron chi connectivity index (χ0n) is 10.1. The summed E-state index contributed by atoms with van der Waals surface area (Å²) in [5, 5.41) is 12.8. The SMILES string of the molecule is Cc1ccc([C@@H](CO)N2CCNCC2)cc1F. The molecule has 1 fully saturated rings. The van der Waals surface area contributed by atoms with E-state index in [0.717, 1.165) is 31.7 Å². The zero-order chi connectivity index (χ0) is 12.3. The topological polar surface area (TPSA) is 35.5 Å². The minimum Gasteiger partial charge on any atom is -0.394 e. The molecule has 0 saturated carbocycles. The Hall–Kier alpha value is -0.970. The van der Waals surface area contributed by atoms with Gasteiger partial charge in [-0.2, -0.15) is 0 Å². The molecule has 1 atom stereocenters. The van der Waals surface area contributed by atoms with Crippen LogP contribution in [0.3, 0.4) is 0 Å². The molecule has 1 aliphatic rings. The summed E-state index contributed by atoms with van der Waals surface area (Å²) in [7, 11) is 0. The van der Waals surface area contributed by atoms with Gasteiger partial charge >= 0.3 is 0 Å². The van der Waals surface area contributed by atoms with Gasteiger partial charge in [-0.25, -0.2) is 4.39 Å². The maximum atomic E-state index is 13.5. The van der Waals surface area contributed by atoms with E-state index in [1.54, 1.807) is 13.0 Å². The zero-order valence-corrected chi connectivity index (χ0v) is 10.1. The van der Waals surface area contributed by atoms with Crippen LogP contribution in [-0.4, -0.2) is 42.8 Å². The molecule has 4 heteroatoms. The molecule has 0 unspecified atom stereocenters. The van der Waals surface area contributed by atoms with E-state index in [1.165, 1.54) is 6.07 Å². The molecule has 17 heavy (non-hydrogen) atoms. The standard InChI is InChI=1S/C13H19FN2O/c1-10-2-3-11(8-12(10)14)13(9-17)16-6-4-15-5-7-16/h2-3,8,13,15,17H,4-7,9H2,1H3/t13-/m1/s1. The van der Waals surface area contributed by atoms with E-state index in [9.17, 15) is 9.50 Å². The summed E-state index contributed by atoms with van der Waals surface area (Å²) in [6.45, 7) is 5.40. The van der Waals surface area contributed by atoms with Gasteiger partial charge in [-0.3, -0.25) is 4.90 Å². The van der Waals surface area contributed by atoms with Gasteiger partial charge in [0, 0.05) is 26.2 Å². The molecule has 0 bridgehead atoms. The highest BCUT2D eigenvalue weighted by molar-refractivity contribution is 5.26.